The van der Waals surface area contributed by atoms with E-state index in [0.29, 0.717) is 5.25 Å². The molecule has 1 rings (SSSR count). The summed E-state index contributed by atoms with van der Waals surface area (Å²) in [5.74, 6) is 1.22. The van der Waals surface area contributed by atoms with Gasteiger partial charge in [-0.3, -0.25) is 0 Å². The Balaban J connectivity index is 2.24. The van der Waals surface area contributed by atoms with Crippen molar-refractivity contribution in [2.24, 2.45) is 5.73 Å². The minimum atomic E-state index is 0.0116. The molecule has 9 heavy (non-hydrogen) atoms. The van der Waals surface area contributed by atoms with Crippen molar-refractivity contribution in [3.8, 4) is 0 Å². The zero-order valence-electron chi connectivity index (χ0n) is 5.42. The molecule has 0 radical (unpaired) electrons. The van der Waals surface area contributed by atoms with Crippen molar-refractivity contribution in [1.82, 2.24) is 0 Å². The first-order valence-corrected chi connectivity index (χ1v) is 4.37. The quantitative estimate of drug-likeness (QED) is 0.586. The van der Waals surface area contributed by atoms with Crippen molar-refractivity contribution in [1.29, 1.82) is 0 Å². The van der Waals surface area contributed by atoms with Crippen LogP contribution in [-0.4, -0.2) is 28.8 Å². The van der Waals surface area contributed by atoms with Crippen LogP contribution in [0.2, 0.25) is 0 Å². The predicted molar refractivity (Wildman–Crippen MR) is 40.5 cm³/mol. The molecule has 0 saturated carbocycles. The van der Waals surface area contributed by atoms with Crippen LogP contribution in [0.1, 0.15) is 12.8 Å². The molecule has 0 amide bonds. The minimum Gasteiger partial charge on any atom is -0.395 e. The summed E-state index contributed by atoms with van der Waals surface area (Å²) in [4.78, 5) is 0. The molecular formula is C6H13NOS. The summed E-state index contributed by atoms with van der Waals surface area (Å²) >= 11 is 1.89. The van der Waals surface area contributed by atoms with Gasteiger partial charge in [-0.15, -0.1) is 0 Å². The van der Waals surface area contributed by atoms with Crippen molar-refractivity contribution in [3.05, 3.63) is 0 Å². The van der Waals surface area contributed by atoms with E-state index >= 15 is 0 Å². The fourth-order valence-electron chi connectivity index (χ4n) is 1.06. The smallest absolute Gasteiger partial charge is 0.0593 e. The first kappa shape index (κ1) is 7.38. The van der Waals surface area contributed by atoms with Crippen molar-refractivity contribution in [2.75, 3.05) is 12.4 Å². The van der Waals surface area contributed by atoms with E-state index in [1.54, 1.807) is 0 Å². The molecule has 1 aliphatic rings. The Morgan fingerprint density at radius 1 is 1.78 bits per heavy atom. The van der Waals surface area contributed by atoms with Gasteiger partial charge in [0.15, 0.2) is 0 Å². The minimum absolute atomic E-state index is 0.0116. The molecule has 1 heterocycles. The Hall–Kier alpha value is 0.270. The second-order valence-corrected chi connectivity index (χ2v) is 3.74. The van der Waals surface area contributed by atoms with Crippen LogP contribution in [0, 0.1) is 0 Å². The lowest BCUT2D eigenvalue weighted by atomic mass is 10.1. The van der Waals surface area contributed by atoms with Gasteiger partial charge >= 0.3 is 0 Å². The van der Waals surface area contributed by atoms with Gasteiger partial charge < -0.3 is 10.8 Å². The van der Waals surface area contributed by atoms with Gasteiger partial charge in [0.25, 0.3) is 0 Å². The molecule has 3 heteroatoms. The summed E-state index contributed by atoms with van der Waals surface area (Å²) < 4.78 is 0. The van der Waals surface area contributed by atoms with Gasteiger partial charge in [-0.05, 0) is 18.6 Å². The number of hydrogen-bond acceptors (Lipinski definition) is 3. The van der Waals surface area contributed by atoms with Crippen LogP contribution >= 0.6 is 11.8 Å². The Morgan fingerprint density at radius 2 is 2.56 bits per heavy atom. The van der Waals surface area contributed by atoms with Gasteiger partial charge in [-0.1, -0.05) is 0 Å². The van der Waals surface area contributed by atoms with Crippen molar-refractivity contribution in [3.63, 3.8) is 0 Å². The molecule has 54 valence electrons. The third-order valence-corrected chi connectivity index (χ3v) is 3.19. The van der Waals surface area contributed by atoms with E-state index in [0.717, 1.165) is 0 Å². The number of hydrogen-bond donors (Lipinski definition) is 2. The summed E-state index contributed by atoms with van der Waals surface area (Å²) in [6.45, 7) is 0.137. The van der Waals surface area contributed by atoms with Crippen molar-refractivity contribution >= 4 is 11.8 Å². The Morgan fingerprint density at radius 3 is 3.00 bits per heavy atom. The highest BCUT2D eigenvalue weighted by molar-refractivity contribution is 8.00. The first-order valence-electron chi connectivity index (χ1n) is 3.32. The zero-order chi connectivity index (χ0) is 6.69. The van der Waals surface area contributed by atoms with Crippen LogP contribution in [0.3, 0.4) is 0 Å². The number of aliphatic hydroxyl groups is 1. The van der Waals surface area contributed by atoms with E-state index in [2.05, 4.69) is 0 Å². The molecular weight excluding hydrogens is 134 g/mol. The second-order valence-electron chi connectivity index (χ2n) is 2.40. The largest absolute Gasteiger partial charge is 0.395 e. The molecule has 3 N–H and O–H groups in total. The maximum atomic E-state index is 8.66. The van der Waals surface area contributed by atoms with Crippen molar-refractivity contribution in [2.45, 2.75) is 24.1 Å². The van der Waals surface area contributed by atoms with Crippen LogP contribution in [-0.2, 0) is 0 Å². The highest BCUT2D eigenvalue weighted by atomic mass is 32.2. The maximum Gasteiger partial charge on any atom is 0.0593 e. The van der Waals surface area contributed by atoms with Crippen LogP contribution in [0.25, 0.3) is 0 Å². The molecule has 0 aromatic carbocycles. The fourth-order valence-corrected chi connectivity index (χ4v) is 2.36. The van der Waals surface area contributed by atoms with Crippen LogP contribution in [0.4, 0.5) is 0 Å². The Kier molecular flexibility index (Phi) is 2.82. The Bertz CT molecular complexity index is 83.1. The monoisotopic (exact) mass is 147 g/mol. The summed E-state index contributed by atoms with van der Waals surface area (Å²) in [6, 6.07) is 0.0116. The van der Waals surface area contributed by atoms with E-state index < -0.39 is 0 Å². The van der Waals surface area contributed by atoms with Crippen LogP contribution in [0.5, 0.6) is 0 Å². The molecule has 0 aromatic heterocycles. The second kappa shape index (κ2) is 3.44. The van der Waals surface area contributed by atoms with Crippen LogP contribution in [0.15, 0.2) is 0 Å². The van der Waals surface area contributed by atoms with Gasteiger partial charge in [0.2, 0.25) is 0 Å². The SMILES string of the molecule is NC(CO)C1CCCS1. The van der Waals surface area contributed by atoms with Crippen LogP contribution < -0.4 is 5.73 Å². The lowest BCUT2D eigenvalue weighted by Gasteiger charge is -2.14. The molecule has 0 aromatic rings. The first-order chi connectivity index (χ1) is 4.34. The maximum absolute atomic E-state index is 8.66. The summed E-state index contributed by atoms with van der Waals surface area (Å²) in [7, 11) is 0. The molecule has 1 saturated heterocycles. The molecule has 2 atom stereocenters. The standard InChI is InChI=1S/C6H13NOS/c7-5(4-8)6-2-1-3-9-6/h5-6,8H,1-4,7H2. The van der Waals surface area contributed by atoms with E-state index in [1.807, 2.05) is 11.8 Å². The highest BCUT2D eigenvalue weighted by Crippen LogP contribution is 2.27. The van der Waals surface area contributed by atoms with E-state index in [1.165, 1.54) is 18.6 Å². The van der Waals surface area contributed by atoms with E-state index in [-0.39, 0.29) is 12.6 Å². The normalized spacial score (nSPS) is 30.7. The van der Waals surface area contributed by atoms with Crippen molar-refractivity contribution < 1.29 is 5.11 Å². The third kappa shape index (κ3) is 1.85. The average Bonchev–Trinajstić information content (AvgIpc) is 2.37. The lowest BCUT2D eigenvalue weighted by molar-refractivity contribution is 0.262. The lowest BCUT2D eigenvalue weighted by Crippen LogP contribution is -2.34. The highest BCUT2D eigenvalue weighted by Gasteiger charge is 2.21. The fraction of sp³-hybridized carbons (Fsp3) is 1.00. The Labute approximate surface area is 59.8 Å². The number of aliphatic hydroxyl groups excluding tert-OH is 1. The topological polar surface area (TPSA) is 46.2 Å². The average molecular weight is 147 g/mol. The van der Waals surface area contributed by atoms with E-state index in [9.17, 15) is 0 Å². The molecule has 0 bridgehead atoms. The van der Waals surface area contributed by atoms with Gasteiger partial charge in [-0.25, -0.2) is 0 Å². The van der Waals surface area contributed by atoms with Gasteiger partial charge in [0.05, 0.1) is 6.61 Å². The molecule has 0 spiro atoms. The summed E-state index contributed by atoms with van der Waals surface area (Å²) in [5, 5.41) is 9.18. The molecule has 0 aliphatic carbocycles. The molecule has 1 fully saturated rings. The third-order valence-electron chi connectivity index (χ3n) is 1.65. The van der Waals surface area contributed by atoms with Gasteiger partial charge in [-0.2, -0.15) is 11.8 Å². The molecule has 2 nitrogen and oxygen atoms in total. The van der Waals surface area contributed by atoms with Gasteiger partial charge in [0.1, 0.15) is 0 Å². The number of thioether (sulfide) groups is 1. The number of nitrogens with two attached hydrogens (primary N) is 1. The predicted octanol–water partition coefficient (Wildman–Crippen LogP) is 0.202. The molecule has 2 unspecified atom stereocenters. The van der Waals surface area contributed by atoms with Gasteiger partial charge in [0, 0.05) is 11.3 Å². The summed E-state index contributed by atoms with van der Waals surface area (Å²) in [5.41, 5.74) is 5.61. The number of rotatable bonds is 2. The van der Waals surface area contributed by atoms with E-state index in [4.69, 9.17) is 10.8 Å². The zero-order valence-corrected chi connectivity index (χ0v) is 6.23. The molecule has 1 aliphatic heterocycles. The summed E-state index contributed by atoms with van der Waals surface area (Å²) in [6.07, 6.45) is 2.45.